The number of anilines is 1. The molecule has 0 bridgehead atoms. The van der Waals surface area contributed by atoms with E-state index in [-0.39, 0.29) is 0 Å². The van der Waals surface area contributed by atoms with Crippen LogP contribution < -0.4 is 5.32 Å². The number of pyridine rings is 1. The van der Waals surface area contributed by atoms with Gasteiger partial charge in [-0.15, -0.1) is 0 Å². The van der Waals surface area contributed by atoms with Crippen LogP contribution in [0.1, 0.15) is 20.3 Å². The molecule has 0 radical (unpaired) electrons. The second-order valence-corrected chi connectivity index (χ2v) is 4.12. The van der Waals surface area contributed by atoms with E-state index in [9.17, 15) is 0 Å². The van der Waals surface area contributed by atoms with Crippen molar-refractivity contribution in [3.05, 3.63) is 23.5 Å². The minimum absolute atomic E-state index is 0.533. The van der Waals surface area contributed by atoms with Gasteiger partial charge in [-0.2, -0.15) is 0 Å². The second-order valence-electron chi connectivity index (χ2n) is 3.73. The molecular weight excluding hydrogens is 222 g/mol. The standard InChI is InChI=1S/C12H20ClN3/c1-3-8-16(4-2)9-7-14-11-5-6-15-12(13)10-11/h5-6,10H,3-4,7-9H2,1-2H3,(H,14,15). The summed E-state index contributed by atoms with van der Waals surface area (Å²) in [6, 6.07) is 3.78. The highest BCUT2D eigenvalue weighted by Crippen LogP contribution is 2.11. The van der Waals surface area contributed by atoms with Gasteiger partial charge in [0.15, 0.2) is 0 Å². The Labute approximate surface area is 103 Å². The van der Waals surface area contributed by atoms with Crippen molar-refractivity contribution in [3.63, 3.8) is 0 Å². The highest BCUT2D eigenvalue weighted by Gasteiger charge is 2.00. The lowest BCUT2D eigenvalue weighted by atomic mass is 10.3. The van der Waals surface area contributed by atoms with Gasteiger partial charge in [-0.05, 0) is 31.6 Å². The van der Waals surface area contributed by atoms with Crippen LogP contribution in [0.2, 0.25) is 5.15 Å². The number of nitrogens with one attached hydrogen (secondary N) is 1. The first-order valence-corrected chi connectivity index (χ1v) is 6.21. The molecule has 1 heterocycles. The smallest absolute Gasteiger partial charge is 0.131 e. The predicted octanol–water partition coefficient (Wildman–Crippen LogP) is 2.88. The number of likely N-dealkylation sites (N-methyl/N-ethyl adjacent to an activating group) is 1. The third-order valence-electron chi connectivity index (χ3n) is 2.47. The number of halogens is 1. The lowest BCUT2D eigenvalue weighted by molar-refractivity contribution is 0.300. The molecule has 0 unspecified atom stereocenters. The van der Waals surface area contributed by atoms with Crippen LogP contribution in [0.4, 0.5) is 5.69 Å². The van der Waals surface area contributed by atoms with Gasteiger partial charge in [-0.1, -0.05) is 25.4 Å². The SMILES string of the molecule is CCCN(CC)CCNc1ccnc(Cl)c1. The predicted molar refractivity (Wildman–Crippen MR) is 70.1 cm³/mol. The van der Waals surface area contributed by atoms with E-state index in [0.29, 0.717) is 5.15 Å². The Morgan fingerprint density at radius 1 is 1.38 bits per heavy atom. The van der Waals surface area contributed by atoms with Crippen LogP contribution >= 0.6 is 11.6 Å². The van der Waals surface area contributed by atoms with Crippen molar-refractivity contribution in [1.29, 1.82) is 0 Å². The van der Waals surface area contributed by atoms with E-state index in [1.54, 1.807) is 6.20 Å². The number of hydrogen-bond donors (Lipinski definition) is 1. The molecule has 0 saturated heterocycles. The van der Waals surface area contributed by atoms with E-state index < -0.39 is 0 Å². The van der Waals surface area contributed by atoms with Crippen LogP contribution in [0.3, 0.4) is 0 Å². The Hall–Kier alpha value is -0.800. The molecule has 0 saturated carbocycles. The molecule has 0 aliphatic carbocycles. The van der Waals surface area contributed by atoms with Crippen molar-refractivity contribution in [2.45, 2.75) is 20.3 Å². The third kappa shape index (κ3) is 4.81. The highest BCUT2D eigenvalue weighted by atomic mass is 35.5. The molecule has 90 valence electrons. The minimum Gasteiger partial charge on any atom is -0.384 e. The van der Waals surface area contributed by atoms with Gasteiger partial charge in [0.2, 0.25) is 0 Å². The van der Waals surface area contributed by atoms with Gasteiger partial charge in [0.25, 0.3) is 0 Å². The van der Waals surface area contributed by atoms with Crippen molar-refractivity contribution in [2.24, 2.45) is 0 Å². The molecular formula is C12H20ClN3. The Balaban J connectivity index is 2.29. The van der Waals surface area contributed by atoms with Gasteiger partial charge in [0, 0.05) is 25.0 Å². The number of aromatic nitrogens is 1. The summed E-state index contributed by atoms with van der Waals surface area (Å²) in [7, 11) is 0. The monoisotopic (exact) mass is 241 g/mol. The van der Waals surface area contributed by atoms with E-state index in [4.69, 9.17) is 11.6 Å². The van der Waals surface area contributed by atoms with Crippen LogP contribution in [0.5, 0.6) is 0 Å². The van der Waals surface area contributed by atoms with Gasteiger partial charge in [0.05, 0.1) is 0 Å². The summed E-state index contributed by atoms with van der Waals surface area (Å²) in [6.07, 6.45) is 2.92. The fourth-order valence-electron chi connectivity index (χ4n) is 1.62. The number of hydrogen-bond acceptors (Lipinski definition) is 3. The molecule has 0 spiro atoms. The lowest BCUT2D eigenvalue weighted by Crippen LogP contribution is -2.29. The average Bonchev–Trinajstić information content (AvgIpc) is 2.28. The van der Waals surface area contributed by atoms with Crippen molar-refractivity contribution in [1.82, 2.24) is 9.88 Å². The molecule has 1 aromatic rings. The quantitative estimate of drug-likeness (QED) is 0.744. The van der Waals surface area contributed by atoms with Crippen molar-refractivity contribution < 1.29 is 0 Å². The topological polar surface area (TPSA) is 28.2 Å². The maximum Gasteiger partial charge on any atom is 0.131 e. The summed E-state index contributed by atoms with van der Waals surface area (Å²) in [4.78, 5) is 6.37. The van der Waals surface area contributed by atoms with Gasteiger partial charge < -0.3 is 10.2 Å². The van der Waals surface area contributed by atoms with E-state index >= 15 is 0 Å². The molecule has 1 rings (SSSR count). The molecule has 16 heavy (non-hydrogen) atoms. The van der Waals surface area contributed by atoms with Gasteiger partial charge >= 0.3 is 0 Å². The fourth-order valence-corrected chi connectivity index (χ4v) is 1.79. The Kier molecular flexibility index (Phi) is 6.19. The van der Waals surface area contributed by atoms with Crippen LogP contribution in [0, 0.1) is 0 Å². The summed E-state index contributed by atoms with van der Waals surface area (Å²) >= 11 is 5.80. The number of rotatable bonds is 7. The summed E-state index contributed by atoms with van der Waals surface area (Å²) in [5.41, 5.74) is 1.03. The summed E-state index contributed by atoms with van der Waals surface area (Å²) < 4.78 is 0. The summed E-state index contributed by atoms with van der Waals surface area (Å²) in [6.45, 7) is 8.66. The van der Waals surface area contributed by atoms with E-state index in [0.717, 1.165) is 31.9 Å². The van der Waals surface area contributed by atoms with Crippen LogP contribution in [-0.2, 0) is 0 Å². The highest BCUT2D eigenvalue weighted by molar-refractivity contribution is 6.29. The molecule has 3 nitrogen and oxygen atoms in total. The molecule has 0 aliphatic heterocycles. The zero-order valence-corrected chi connectivity index (χ0v) is 10.8. The van der Waals surface area contributed by atoms with E-state index in [1.165, 1.54) is 6.42 Å². The first-order chi connectivity index (χ1) is 7.76. The zero-order chi connectivity index (χ0) is 11.8. The van der Waals surface area contributed by atoms with Crippen molar-refractivity contribution in [3.8, 4) is 0 Å². The molecule has 1 N–H and O–H groups in total. The molecule has 0 aromatic carbocycles. The maximum absolute atomic E-state index is 5.80. The molecule has 0 fully saturated rings. The van der Waals surface area contributed by atoms with Gasteiger partial charge in [-0.25, -0.2) is 4.98 Å². The van der Waals surface area contributed by atoms with Crippen molar-refractivity contribution in [2.75, 3.05) is 31.5 Å². The van der Waals surface area contributed by atoms with Gasteiger partial charge in [0.1, 0.15) is 5.15 Å². The minimum atomic E-state index is 0.533. The molecule has 4 heteroatoms. The van der Waals surface area contributed by atoms with Crippen LogP contribution in [-0.4, -0.2) is 36.1 Å². The van der Waals surface area contributed by atoms with Crippen molar-refractivity contribution >= 4 is 17.3 Å². The summed E-state index contributed by atoms with van der Waals surface area (Å²) in [5.74, 6) is 0. The van der Waals surface area contributed by atoms with Gasteiger partial charge in [-0.3, -0.25) is 0 Å². The number of nitrogens with zero attached hydrogens (tertiary/aromatic N) is 2. The Bertz CT molecular complexity index is 304. The molecule has 0 aliphatic rings. The largest absolute Gasteiger partial charge is 0.384 e. The molecule has 0 atom stereocenters. The van der Waals surface area contributed by atoms with Crippen LogP contribution in [0.25, 0.3) is 0 Å². The maximum atomic E-state index is 5.80. The molecule has 0 amide bonds. The third-order valence-corrected chi connectivity index (χ3v) is 2.68. The average molecular weight is 242 g/mol. The lowest BCUT2D eigenvalue weighted by Gasteiger charge is -2.19. The first-order valence-electron chi connectivity index (χ1n) is 5.84. The summed E-state index contributed by atoms with van der Waals surface area (Å²) in [5, 5.41) is 3.88. The fraction of sp³-hybridized carbons (Fsp3) is 0.583. The first kappa shape index (κ1) is 13.3. The zero-order valence-electron chi connectivity index (χ0n) is 10.0. The van der Waals surface area contributed by atoms with E-state index in [2.05, 4.69) is 29.0 Å². The van der Waals surface area contributed by atoms with Crippen LogP contribution in [0.15, 0.2) is 18.3 Å². The van der Waals surface area contributed by atoms with E-state index in [1.807, 2.05) is 12.1 Å². The Morgan fingerprint density at radius 2 is 2.19 bits per heavy atom. The molecule has 1 aromatic heterocycles. The Morgan fingerprint density at radius 3 is 2.81 bits per heavy atom. The second kappa shape index (κ2) is 7.47. The normalized spacial score (nSPS) is 10.8.